The molecule has 0 spiro atoms. The van der Waals surface area contributed by atoms with Gasteiger partial charge in [0.1, 0.15) is 11.5 Å². The molecule has 0 atom stereocenters. The maximum Gasteiger partial charge on any atom is 0.246 e. The summed E-state index contributed by atoms with van der Waals surface area (Å²) in [5, 5.41) is 9.72. The zero-order chi connectivity index (χ0) is 13.8. The number of likely N-dealkylation sites (N-methyl/N-ethyl adjacent to an activating group) is 1. The number of amides is 1. The standard InChI is InChI=1S/C14H21NO3/c1-5-15(10-14(3,4)17)13(16)9-8-12-7-6-11(2)18-12/h6-9,17H,5,10H2,1-4H3/b9-8+. The third-order valence-electron chi connectivity index (χ3n) is 2.42. The number of hydrogen-bond acceptors (Lipinski definition) is 3. The highest BCUT2D eigenvalue weighted by Gasteiger charge is 2.19. The van der Waals surface area contributed by atoms with Gasteiger partial charge in [0.15, 0.2) is 0 Å². The fraction of sp³-hybridized carbons (Fsp3) is 0.500. The van der Waals surface area contributed by atoms with Gasteiger partial charge in [-0.1, -0.05) is 0 Å². The molecule has 0 unspecified atom stereocenters. The van der Waals surface area contributed by atoms with Gasteiger partial charge in [-0.25, -0.2) is 0 Å². The van der Waals surface area contributed by atoms with E-state index < -0.39 is 5.60 Å². The zero-order valence-corrected chi connectivity index (χ0v) is 11.4. The summed E-state index contributed by atoms with van der Waals surface area (Å²) < 4.78 is 5.34. The van der Waals surface area contributed by atoms with Crippen molar-refractivity contribution in [3.05, 3.63) is 29.7 Å². The Balaban J connectivity index is 2.65. The third kappa shape index (κ3) is 4.75. The molecule has 0 aromatic carbocycles. The summed E-state index contributed by atoms with van der Waals surface area (Å²) in [7, 11) is 0. The minimum Gasteiger partial charge on any atom is -0.462 e. The van der Waals surface area contributed by atoms with E-state index >= 15 is 0 Å². The molecule has 0 radical (unpaired) electrons. The van der Waals surface area contributed by atoms with Crippen LogP contribution in [0, 0.1) is 6.92 Å². The van der Waals surface area contributed by atoms with Crippen molar-refractivity contribution in [2.24, 2.45) is 0 Å². The monoisotopic (exact) mass is 251 g/mol. The first kappa shape index (κ1) is 14.5. The molecule has 0 aliphatic heterocycles. The number of aliphatic hydroxyl groups is 1. The Kier molecular flexibility index (Phi) is 4.73. The van der Waals surface area contributed by atoms with Gasteiger partial charge in [-0.05, 0) is 45.9 Å². The van der Waals surface area contributed by atoms with Gasteiger partial charge in [0.05, 0.1) is 5.60 Å². The van der Waals surface area contributed by atoms with Crippen molar-refractivity contribution in [2.45, 2.75) is 33.3 Å². The fourth-order valence-corrected chi connectivity index (χ4v) is 1.61. The minimum atomic E-state index is -0.888. The number of hydrogen-bond donors (Lipinski definition) is 1. The second kappa shape index (κ2) is 5.87. The van der Waals surface area contributed by atoms with E-state index in [1.807, 2.05) is 26.0 Å². The largest absolute Gasteiger partial charge is 0.462 e. The van der Waals surface area contributed by atoms with E-state index in [0.29, 0.717) is 18.8 Å². The number of carbonyl (C=O) groups excluding carboxylic acids is 1. The molecule has 4 heteroatoms. The van der Waals surface area contributed by atoms with Crippen molar-refractivity contribution in [3.8, 4) is 0 Å². The molecular formula is C14H21NO3. The number of aryl methyl sites for hydroxylation is 1. The first-order valence-corrected chi connectivity index (χ1v) is 6.07. The van der Waals surface area contributed by atoms with Gasteiger partial charge >= 0.3 is 0 Å². The first-order valence-electron chi connectivity index (χ1n) is 6.07. The van der Waals surface area contributed by atoms with E-state index in [9.17, 15) is 9.90 Å². The molecule has 0 saturated carbocycles. The molecule has 1 aromatic heterocycles. The predicted molar refractivity (Wildman–Crippen MR) is 71.0 cm³/mol. The van der Waals surface area contributed by atoms with Crippen molar-refractivity contribution in [3.63, 3.8) is 0 Å². The molecule has 0 aliphatic carbocycles. The van der Waals surface area contributed by atoms with E-state index in [1.54, 1.807) is 24.8 Å². The van der Waals surface area contributed by atoms with Gasteiger partial charge in [-0.2, -0.15) is 0 Å². The first-order chi connectivity index (χ1) is 8.31. The van der Waals surface area contributed by atoms with E-state index in [0.717, 1.165) is 5.76 Å². The van der Waals surface area contributed by atoms with Crippen LogP contribution < -0.4 is 0 Å². The summed E-state index contributed by atoms with van der Waals surface area (Å²) in [6, 6.07) is 3.66. The van der Waals surface area contributed by atoms with Crippen LogP contribution >= 0.6 is 0 Å². The second-order valence-electron chi connectivity index (χ2n) is 4.95. The zero-order valence-electron chi connectivity index (χ0n) is 11.4. The highest BCUT2D eigenvalue weighted by Crippen LogP contribution is 2.09. The number of carbonyl (C=O) groups is 1. The maximum absolute atomic E-state index is 11.9. The molecule has 100 valence electrons. The second-order valence-corrected chi connectivity index (χ2v) is 4.95. The van der Waals surface area contributed by atoms with Gasteiger partial charge in [-0.3, -0.25) is 4.79 Å². The Labute approximate surface area is 108 Å². The van der Waals surface area contributed by atoms with Crippen LogP contribution in [-0.2, 0) is 4.79 Å². The van der Waals surface area contributed by atoms with E-state index in [1.165, 1.54) is 6.08 Å². The predicted octanol–water partition coefficient (Wildman–Crippen LogP) is 2.22. The van der Waals surface area contributed by atoms with Crippen LogP contribution in [0.15, 0.2) is 22.6 Å². The molecule has 0 saturated heterocycles. The topological polar surface area (TPSA) is 53.7 Å². The summed E-state index contributed by atoms with van der Waals surface area (Å²) in [5.74, 6) is 1.33. The van der Waals surface area contributed by atoms with Gasteiger partial charge in [-0.15, -0.1) is 0 Å². The van der Waals surface area contributed by atoms with Crippen LogP contribution in [-0.4, -0.2) is 34.6 Å². The van der Waals surface area contributed by atoms with E-state index in [4.69, 9.17) is 4.42 Å². The SMILES string of the molecule is CCN(CC(C)(C)O)C(=O)/C=C/c1ccc(C)o1. The summed E-state index contributed by atoms with van der Waals surface area (Å²) >= 11 is 0. The van der Waals surface area contributed by atoms with Crippen molar-refractivity contribution < 1.29 is 14.3 Å². The summed E-state index contributed by atoms with van der Waals surface area (Å²) in [4.78, 5) is 13.5. The molecule has 1 amide bonds. The Morgan fingerprint density at radius 3 is 2.61 bits per heavy atom. The normalized spacial score (nSPS) is 12.1. The molecule has 0 bridgehead atoms. The lowest BCUT2D eigenvalue weighted by Crippen LogP contribution is -2.41. The fourth-order valence-electron chi connectivity index (χ4n) is 1.61. The van der Waals surface area contributed by atoms with Gasteiger partial charge in [0, 0.05) is 19.2 Å². The Hall–Kier alpha value is -1.55. The number of rotatable bonds is 5. The minimum absolute atomic E-state index is 0.131. The Bertz CT molecular complexity index is 426. The van der Waals surface area contributed by atoms with Crippen LogP contribution in [0.1, 0.15) is 32.3 Å². The number of nitrogens with zero attached hydrogens (tertiary/aromatic N) is 1. The van der Waals surface area contributed by atoms with Gasteiger partial charge < -0.3 is 14.4 Å². The smallest absolute Gasteiger partial charge is 0.246 e. The third-order valence-corrected chi connectivity index (χ3v) is 2.42. The quantitative estimate of drug-likeness (QED) is 0.816. The lowest BCUT2D eigenvalue weighted by Gasteiger charge is -2.27. The van der Waals surface area contributed by atoms with Crippen LogP contribution in [0.2, 0.25) is 0 Å². The molecule has 4 nitrogen and oxygen atoms in total. The summed E-state index contributed by atoms with van der Waals surface area (Å²) in [6.07, 6.45) is 3.11. The van der Waals surface area contributed by atoms with Crippen molar-refractivity contribution in [2.75, 3.05) is 13.1 Å². The number of furan rings is 1. The van der Waals surface area contributed by atoms with Crippen molar-refractivity contribution in [1.29, 1.82) is 0 Å². The molecule has 18 heavy (non-hydrogen) atoms. The molecule has 1 N–H and O–H groups in total. The average molecular weight is 251 g/mol. The molecule has 0 fully saturated rings. The van der Waals surface area contributed by atoms with Crippen LogP contribution in [0.5, 0.6) is 0 Å². The van der Waals surface area contributed by atoms with Gasteiger partial charge in [0.2, 0.25) is 5.91 Å². The average Bonchev–Trinajstić information content (AvgIpc) is 2.67. The van der Waals surface area contributed by atoms with Crippen LogP contribution in [0.25, 0.3) is 6.08 Å². The van der Waals surface area contributed by atoms with E-state index in [2.05, 4.69) is 0 Å². The molecule has 1 aromatic rings. The molecule has 1 rings (SSSR count). The van der Waals surface area contributed by atoms with Crippen molar-refractivity contribution >= 4 is 12.0 Å². The summed E-state index contributed by atoms with van der Waals surface area (Å²) in [6.45, 7) is 7.97. The lowest BCUT2D eigenvalue weighted by molar-refractivity contribution is -0.128. The van der Waals surface area contributed by atoms with E-state index in [-0.39, 0.29) is 5.91 Å². The molecular weight excluding hydrogens is 230 g/mol. The van der Waals surface area contributed by atoms with Gasteiger partial charge in [0.25, 0.3) is 0 Å². The highest BCUT2D eigenvalue weighted by molar-refractivity contribution is 5.91. The maximum atomic E-state index is 11.9. The molecule has 0 aliphatic rings. The highest BCUT2D eigenvalue weighted by atomic mass is 16.3. The Morgan fingerprint density at radius 2 is 2.17 bits per heavy atom. The van der Waals surface area contributed by atoms with Crippen molar-refractivity contribution in [1.82, 2.24) is 4.90 Å². The van der Waals surface area contributed by atoms with Crippen LogP contribution in [0.3, 0.4) is 0 Å². The summed E-state index contributed by atoms with van der Waals surface area (Å²) in [5.41, 5.74) is -0.888. The Morgan fingerprint density at radius 1 is 1.50 bits per heavy atom. The van der Waals surface area contributed by atoms with Crippen LogP contribution in [0.4, 0.5) is 0 Å². The molecule has 1 heterocycles. The lowest BCUT2D eigenvalue weighted by atomic mass is 10.1.